The van der Waals surface area contributed by atoms with E-state index in [0.29, 0.717) is 30.3 Å². The van der Waals surface area contributed by atoms with Crippen molar-refractivity contribution in [1.82, 2.24) is 45.2 Å². The molecule has 13 heteroatoms. The van der Waals surface area contributed by atoms with Gasteiger partial charge in [-0.05, 0) is 41.0 Å². The Kier molecular flexibility index (Phi) is 6.06. The number of anilines is 1. The van der Waals surface area contributed by atoms with Crippen LogP contribution >= 0.6 is 0 Å². The molecule has 0 unspecified atom stereocenters. The number of aromatic nitrogens is 9. The first-order valence-electron chi connectivity index (χ1n) is 10.9. The Morgan fingerprint density at radius 3 is 2.74 bits per heavy atom. The molecule has 3 aromatic heterocycles. The summed E-state index contributed by atoms with van der Waals surface area (Å²) in [5, 5.41) is 19.3. The van der Waals surface area contributed by atoms with E-state index in [2.05, 4.69) is 35.7 Å². The summed E-state index contributed by atoms with van der Waals surface area (Å²) in [7, 11) is 0. The van der Waals surface area contributed by atoms with Crippen molar-refractivity contribution in [3.63, 3.8) is 0 Å². The number of rotatable bonds is 7. The van der Waals surface area contributed by atoms with Gasteiger partial charge in [-0.15, -0.1) is 5.10 Å². The van der Waals surface area contributed by atoms with Crippen LogP contribution in [0.2, 0.25) is 0 Å². The van der Waals surface area contributed by atoms with Gasteiger partial charge in [-0.3, -0.25) is 0 Å². The predicted molar refractivity (Wildman–Crippen MR) is 116 cm³/mol. The van der Waals surface area contributed by atoms with Crippen LogP contribution in [-0.4, -0.2) is 64.4 Å². The quantitative estimate of drug-likeness (QED) is 0.402. The third-order valence-electron chi connectivity index (χ3n) is 5.65. The van der Waals surface area contributed by atoms with Gasteiger partial charge in [0.1, 0.15) is 30.8 Å². The molecule has 4 heterocycles. The van der Waals surface area contributed by atoms with E-state index in [1.807, 2.05) is 11.8 Å². The number of hydrogen-bond acceptors (Lipinski definition) is 9. The SMILES string of the molecule is CCc1cnc(N2CC[C@@H](n3ncc(COc4ccc(-n5cnnn5)cc4F)n3)[C@H](F)C2)nc1. The largest absolute Gasteiger partial charge is 0.484 e. The molecule has 0 aliphatic carbocycles. The summed E-state index contributed by atoms with van der Waals surface area (Å²) in [5.74, 6) is 0.0110. The number of benzene rings is 1. The van der Waals surface area contributed by atoms with E-state index >= 15 is 0 Å². The molecule has 0 amide bonds. The second-order valence-electron chi connectivity index (χ2n) is 7.88. The van der Waals surface area contributed by atoms with Crippen molar-refractivity contribution >= 4 is 5.95 Å². The van der Waals surface area contributed by atoms with E-state index in [0.717, 1.165) is 12.0 Å². The van der Waals surface area contributed by atoms with Crippen LogP contribution in [-0.2, 0) is 13.0 Å². The van der Waals surface area contributed by atoms with Crippen LogP contribution in [0.5, 0.6) is 5.75 Å². The molecule has 4 aromatic rings. The molecule has 2 atom stereocenters. The van der Waals surface area contributed by atoms with Gasteiger partial charge in [-0.1, -0.05) is 6.92 Å². The zero-order valence-electron chi connectivity index (χ0n) is 18.4. The van der Waals surface area contributed by atoms with Crippen molar-refractivity contribution in [2.75, 3.05) is 18.0 Å². The highest BCUT2D eigenvalue weighted by Crippen LogP contribution is 2.27. The van der Waals surface area contributed by atoms with Gasteiger partial charge in [-0.25, -0.2) is 23.4 Å². The van der Waals surface area contributed by atoms with E-state index in [1.54, 1.807) is 18.5 Å². The van der Waals surface area contributed by atoms with Gasteiger partial charge in [0.05, 0.1) is 18.4 Å². The lowest BCUT2D eigenvalue weighted by Crippen LogP contribution is -2.44. The fourth-order valence-corrected chi connectivity index (χ4v) is 3.74. The average Bonchev–Trinajstić information content (AvgIpc) is 3.56. The number of hydrogen-bond donors (Lipinski definition) is 0. The van der Waals surface area contributed by atoms with Gasteiger partial charge >= 0.3 is 0 Å². The fraction of sp³-hybridized carbons (Fsp3) is 0.381. The van der Waals surface area contributed by atoms with Crippen LogP contribution in [0.4, 0.5) is 14.7 Å². The molecule has 0 radical (unpaired) electrons. The van der Waals surface area contributed by atoms with Crippen LogP contribution in [0, 0.1) is 5.82 Å². The zero-order chi connectivity index (χ0) is 23.5. The number of alkyl halides is 1. The molecular formula is C21H22F2N10O. The molecule has 176 valence electrons. The summed E-state index contributed by atoms with van der Waals surface area (Å²) in [6.45, 7) is 2.77. The van der Waals surface area contributed by atoms with E-state index in [1.165, 1.54) is 34.1 Å². The smallest absolute Gasteiger partial charge is 0.225 e. The molecule has 34 heavy (non-hydrogen) atoms. The Hall–Kier alpha value is -4.03. The summed E-state index contributed by atoms with van der Waals surface area (Å²) >= 11 is 0. The van der Waals surface area contributed by atoms with Gasteiger partial charge < -0.3 is 9.64 Å². The van der Waals surface area contributed by atoms with E-state index in [-0.39, 0.29) is 18.9 Å². The number of aryl methyl sites for hydroxylation is 1. The summed E-state index contributed by atoms with van der Waals surface area (Å²) < 4.78 is 36.3. The third kappa shape index (κ3) is 4.54. The van der Waals surface area contributed by atoms with Gasteiger partial charge in [0, 0.05) is 25.0 Å². The maximum absolute atomic E-state index is 15.0. The first kappa shape index (κ1) is 21.8. The lowest BCUT2D eigenvalue weighted by Gasteiger charge is -2.34. The summed E-state index contributed by atoms with van der Waals surface area (Å²) in [6, 6.07) is 3.88. The standard InChI is InChI=1S/C21H22F2N10O/c1-2-14-8-24-21(25-9-14)31-6-5-19(18(23)11-31)33-27-10-15(28-33)12-34-20-4-3-16(7-17(20)22)32-13-26-29-30-32/h3-4,7-10,13,18-19H,2,5-6,11-12H2,1H3/t18-,19-/m1/s1. The second kappa shape index (κ2) is 9.45. The Labute approximate surface area is 193 Å². The Balaban J connectivity index is 1.19. The number of ether oxygens (including phenoxy) is 1. The highest BCUT2D eigenvalue weighted by molar-refractivity contribution is 5.37. The van der Waals surface area contributed by atoms with Gasteiger partial charge in [0.2, 0.25) is 5.95 Å². The summed E-state index contributed by atoms with van der Waals surface area (Å²) in [5.41, 5.74) is 1.97. The summed E-state index contributed by atoms with van der Waals surface area (Å²) in [4.78, 5) is 11.9. The van der Waals surface area contributed by atoms with Gasteiger partial charge in [0.15, 0.2) is 11.6 Å². The van der Waals surface area contributed by atoms with Crippen molar-refractivity contribution in [2.24, 2.45) is 0 Å². The van der Waals surface area contributed by atoms with Crippen molar-refractivity contribution in [1.29, 1.82) is 0 Å². The normalized spacial score (nSPS) is 18.3. The molecule has 0 spiro atoms. The summed E-state index contributed by atoms with van der Waals surface area (Å²) in [6.07, 6.45) is 6.56. The van der Waals surface area contributed by atoms with Crippen molar-refractivity contribution in [3.8, 4) is 11.4 Å². The number of halogens is 2. The molecule has 1 aliphatic heterocycles. The molecule has 11 nitrogen and oxygen atoms in total. The minimum atomic E-state index is -1.19. The Bertz CT molecular complexity index is 1230. The topological polar surface area (TPSA) is 113 Å². The van der Waals surface area contributed by atoms with Crippen LogP contribution in [0.1, 0.15) is 30.6 Å². The van der Waals surface area contributed by atoms with Crippen LogP contribution in [0.3, 0.4) is 0 Å². The first-order chi connectivity index (χ1) is 16.6. The highest BCUT2D eigenvalue weighted by atomic mass is 19.1. The maximum Gasteiger partial charge on any atom is 0.225 e. The molecule has 1 saturated heterocycles. The number of nitrogens with zero attached hydrogens (tertiary/aromatic N) is 10. The average molecular weight is 468 g/mol. The Morgan fingerprint density at radius 2 is 2.03 bits per heavy atom. The van der Waals surface area contributed by atoms with Crippen molar-refractivity contribution in [3.05, 3.63) is 60.2 Å². The van der Waals surface area contributed by atoms with E-state index in [9.17, 15) is 8.78 Å². The zero-order valence-corrected chi connectivity index (χ0v) is 18.4. The molecule has 1 fully saturated rings. The van der Waals surface area contributed by atoms with Crippen LogP contribution in [0.25, 0.3) is 5.69 Å². The minimum absolute atomic E-state index is 0.00539. The minimum Gasteiger partial charge on any atom is -0.484 e. The molecule has 0 bridgehead atoms. The number of tetrazole rings is 1. The fourth-order valence-electron chi connectivity index (χ4n) is 3.74. The lowest BCUT2D eigenvalue weighted by molar-refractivity contribution is 0.172. The predicted octanol–water partition coefficient (Wildman–Crippen LogP) is 2.11. The molecule has 0 N–H and O–H groups in total. The van der Waals surface area contributed by atoms with Crippen LogP contribution < -0.4 is 9.64 Å². The van der Waals surface area contributed by atoms with E-state index < -0.39 is 18.0 Å². The maximum atomic E-state index is 15.0. The molecular weight excluding hydrogens is 446 g/mol. The molecule has 1 aliphatic rings. The number of piperidine rings is 1. The molecule has 0 saturated carbocycles. The Morgan fingerprint density at radius 1 is 1.18 bits per heavy atom. The third-order valence-corrected chi connectivity index (χ3v) is 5.65. The lowest BCUT2D eigenvalue weighted by atomic mass is 10.0. The monoisotopic (exact) mass is 468 g/mol. The van der Waals surface area contributed by atoms with Crippen molar-refractivity contribution in [2.45, 2.75) is 38.6 Å². The first-order valence-corrected chi connectivity index (χ1v) is 10.9. The second-order valence-corrected chi connectivity index (χ2v) is 7.88. The molecule has 1 aromatic carbocycles. The molecule has 5 rings (SSSR count). The highest BCUT2D eigenvalue weighted by Gasteiger charge is 2.33. The van der Waals surface area contributed by atoms with Crippen LogP contribution in [0.15, 0.2) is 43.1 Å². The van der Waals surface area contributed by atoms with Gasteiger partial charge in [0.25, 0.3) is 0 Å². The van der Waals surface area contributed by atoms with Gasteiger partial charge in [-0.2, -0.15) is 15.0 Å². The van der Waals surface area contributed by atoms with E-state index in [4.69, 9.17) is 4.74 Å². The van der Waals surface area contributed by atoms with Crippen molar-refractivity contribution < 1.29 is 13.5 Å².